The molecule has 0 aromatic heterocycles. The van der Waals surface area contributed by atoms with E-state index in [9.17, 15) is 9.59 Å². The number of rotatable bonds is 5. The van der Waals surface area contributed by atoms with Gasteiger partial charge in [0.25, 0.3) is 5.91 Å². The van der Waals surface area contributed by atoms with Gasteiger partial charge in [-0.3, -0.25) is 9.59 Å². The van der Waals surface area contributed by atoms with E-state index < -0.39 is 0 Å². The van der Waals surface area contributed by atoms with Crippen LogP contribution in [0.25, 0.3) is 0 Å². The summed E-state index contributed by atoms with van der Waals surface area (Å²) in [5, 5.41) is 3.43. The van der Waals surface area contributed by atoms with Crippen molar-refractivity contribution in [2.75, 3.05) is 46.4 Å². The van der Waals surface area contributed by atoms with Gasteiger partial charge in [-0.2, -0.15) is 0 Å². The first-order chi connectivity index (χ1) is 13.1. The lowest BCUT2D eigenvalue weighted by molar-refractivity contribution is -0.134. The summed E-state index contributed by atoms with van der Waals surface area (Å²) in [7, 11) is 1.60. The van der Waals surface area contributed by atoms with Crippen molar-refractivity contribution in [3.63, 3.8) is 0 Å². The molecule has 2 atom stereocenters. The number of piperazine rings is 1. The van der Waals surface area contributed by atoms with E-state index in [-0.39, 0.29) is 11.8 Å². The molecule has 2 aliphatic rings. The van der Waals surface area contributed by atoms with Gasteiger partial charge in [0.2, 0.25) is 5.91 Å². The lowest BCUT2D eigenvalue weighted by Gasteiger charge is -2.36. The quantitative estimate of drug-likeness (QED) is 0.858. The fourth-order valence-corrected chi connectivity index (χ4v) is 4.03. The lowest BCUT2D eigenvalue weighted by atomic mass is 9.85. The Morgan fingerprint density at radius 2 is 1.96 bits per heavy atom. The number of methoxy groups -OCH3 is 1. The molecule has 2 heterocycles. The van der Waals surface area contributed by atoms with Crippen molar-refractivity contribution in [2.24, 2.45) is 11.8 Å². The number of hydrogen-bond acceptors (Lipinski definition) is 4. The minimum atomic E-state index is 0.00245. The van der Waals surface area contributed by atoms with Gasteiger partial charge < -0.3 is 19.9 Å². The summed E-state index contributed by atoms with van der Waals surface area (Å²) in [6.07, 6.45) is 3.02. The third kappa shape index (κ3) is 5.01. The van der Waals surface area contributed by atoms with E-state index in [0.717, 1.165) is 13.1 Å². The maximum absolute atomic E-state index is 12.7. The molecule has 1 N–H and O–H groups in total. The van der Waals surface area contributed by atoms with E-state index in [0.29, 0.717) is 55.7 Å². The molecule has 6 heteroatoms. The van der Waals surface area contributed by atoms with Crippen molar-refractivity contribution in [3.05, 3.63) is 29.8 Å². The molecular weight excluding hydrogens is 342 g/mol. The summed E-state index contributed by atoms with van der Waals surface area (Å²) in [5.41, 5.74) is 0.632. The molecule has 27 heavy (non-hydrogen) atoms. The van der Waals surface area contributed by atoms with Crippen molar-refractivity contribution in [1.82, 2.24) is 15.1 Å². The van der Waals surface area contributed by atoms with Crippen molar-refractivity contribution in [1.29, 1.82) is 0 Å². The highest BCUT2D eigenvalue weighted by atomic mass is 16.5. The Kier molecular flexibility index (Phi) is 6.72. The fourth-order valence-electron chi connectivity index (χ4n) is 4.03. The van der Waals surface area contributed by atoms with Gasteiger partial charge in [-0.25, -0.2) is 0 Å². The summed E-state index contributed by atoms with van der Waals surface area (Å²) in [6, 6.07) is 7.23. The standard InChI is InChI=1S/C21H31N3O3/c1-16(18-6-4-8-22-15-18)13-20(25)23-9-11-24(12-10-23)21(26)17-5-3-7-19(14-17)27-2/h3,5,7,14,16,18,22H,4,6,8-13,15H2,1-2H3. The zero-order valence-corrected chi connectivity index (χ0v) is 16.4. The molecule has 0 saturated carbocycles. The van der Waals surface area contributed by atoms with Gasteiger partial charge in [0.1, 0.15) is 5.75 Å². The summed E-state index contributed by atoms with van der Waals surface area (Å²) >= 11 is 0. The molecule has 2 unspecified atom stereocenters. The number of nitrogens with zero attached hydrogens (tertiary/aromatic N) is 2. The van der Waals surface area contributed by atoms with Gasteiger partial charge in [0.15, 0.2) is 0 Å². The normalized spacial score (nSPS) is 21.6. The Hall–Kier alpha value is -2.08. The van der Waals surface area contributed by atoms with E-state index in [2.05, 4.69) is 12.2 Å². The van der Waals surface area contributed by atoms with E-state index in [1.165, 1.54) is 12.8 Å². The first-order valence-corrected chi connectivity index (χ1v) is 10.0. The zero-order valence-electron chi connectivity index (χ0n) is 16.4. The molecule has 0 spiro atoms. The highest BCUT2D eigenvalue weighted by Crippen LogP contribution is 2.23. The van der Waals surface area contributed by atoms with Crippen LogP contribution in [0, 0.1) is 11.8 Å². The number of nitrogens with one attached hydrogen (secondary N) is 1. The molecule has 2 aliphatic heterocycles. The third-order valence-electron chi connectivity index (χ3n) is 5.87. The molecule has 2 fully saturated rings. The van der Waals surface area contributed by atoms with Crippen LogP contribution in [0.4, 0.5) is 0 Å². The maximum Gasteiger partial charge on any atom is 0.254 e. The smallest absolute Gasteiger partial charge is 0.254 e. The van der Waals surface area contributed by atoms with Crippen molar-refractivity contribution in [3.8, 4) is 5.75 Å². The number of carbonyl (C=O) groups is 2. The average Bonchev–Trinajstić information content (AvgIpc) is 2.74. The molecule has 148 valence electrons. The number of piperidine rings is 1. The number of amides is 2. The summed E-state index contributed by atoms with van der Waals surface area (Å²) in [5.74, 6) is 1.91. The minimum absolute atomic E-state index is 0.00245. The van der Waals surface area contributed by atoms with E-state index in [4.69, 9.17) is 4.74 Å². The third-order valence-corrected chi connectivity index (χ3v) is 5.87. The van der Waals surface area contributed by atoms with E-state index in [1.807, 2.05) is 28.0 Å². The molecule has 0 radical (unpaired) electrons. The topological polar surface area (TPSA) is 61.9 Å². The van der Waals surface area contributed by atoms with Crippen molar-refractivity contribution in [2.45, 2.75) is 26.2 Å². The summed E-state index contributed by atoms with van der Waals surface area (Å²) in [6.45, 7) is 6.71. The largest absolute Gasteiger partial charge is 0.497 e. The van der Waals surface area contributed by atoms with Crippen LogP contribution < -0.4 is 10.1 Å². The molecule has 2 amide bonds. The zero-order chi connectivity index (χ0) is 19.2. The summed E-state index contributed by atoms with van der Waals surface area (Å²) < 4.78 is 5.20. The SMILES string of the molecule is COc1cccc(C(=O)N2CCN(C(=O)CC(C)C3CCCNC3)CC2)c1. The van der Waals surface area contributed by atoms with Gasteiger partial charge in [-0.1, -0.05) is 13.0 Å². The van der Waals surface area contributed by atoms with Crippen LogP contribution in [0.2, 0.25) is 0 Å². The van der Waals surface area contributed by atoms with Crippen LogP contribution >= 0.6 is 0 Å². The van der Waals surface area contributed by atoms with Gasteiger partial charge in [0.05, 0.1) is 7.11 Å². The predicted octanol–water partition coefficient (Wildman–Crippen LogP) is 2.01. The van der Waals surface area contributed by atoms with Crippen LogP contribution in [0.3, 0.4) is 0 Å². The van der Waals surface area contributed by atoms with Crippen LogP contribution in [0.15, 0.2) is 24.3 Å². The average molecular weight is 373 g/mol. The lowest BCUT2D eigenvalue weighted by Crippen LogP contribution is -2.51. The van der Waals surface area contributed by atoms with E-state index in [1.54, 1.807) is 13.2 Å². The fraction of sp³-hybridized carbons (Fsp3) is 0.619. The van der Waals surface area contributed by atoms with Gasteiger partial charge >= 0.3 is 0 Å². The monoisotopic (exact) mass is 373 g/mol. The maximum atomic E-state index is 12.7. The Bertz CT molecular complexity index is 650. The number of carbonyl (C=O) groups excluding carboxylic acids is 2. The molecule has 0 bridgehead atoms. The molecule has 3 rings (SSSR count). The van der Waals surface area contributed by atoms with Crippen LogP contribution in [-0.4, -0.2) is 68.0 Å². The highest BCUT2D eigenvalue weighted by molar-refractivity contribution is 5.94. The molecule has 1 aromatic rings. The number of ether oxygens (including phenoxy) is 1. The van der Waals surface area contributed by atoms with Gasteiger partial charge in [-0.15, -0.1) is 0 Å². The van der Waals surface area contributed by atoms with Crippen LogP contribution in [-0.2, 0) is 4.79 Å². The Balaban J connectivity index is 1.49. The second-order valence-electron chi connectivity index (χ2n) is 7.69. The van der Waals surface area contributed by atoms with Crippen LogP contribution in [0.5, 0.6) is 5.75 Å². The number of benzene rings is 1. The van der Waals surface area contributed by atoms with Gasteiger partial charge in [0, 0.05) is 38.2 Å². The Labute approximate surface area is 161 Å². The Morgan fingerprint density at radius 3 is 2.63 bits per heavy atom. The molecule has 6 nitrogen and oxygen atoms in total. The van der Waals surface area contributed by atoms with Crippen molar-refractivity contribution < 1.29 is 14.3 Å². The van der Waals surface area contributed by atoms with Gasteiger partial charge in [-0.05, 0) is 56.0 Å². The first kappa shape index (κ1) is 19.7. The highest BCUT2D eigenvalue weighted by Gasteiger charge is 2.28. The minimum Gasteiger partial charge on any atom is -0.497 e. The summed E-state index contributed by atoms with van der Waals surface area (Å²) in [4.78, 5) is 29.1. The Morgan fingerprint density at radius 1 is 1.22 bits per heavy atom. The molecular formula is C21H31N3O3. The molecule has 0 aliphatic carbocycles. The first-order valence-electron chi connectivity index (χ1n) is 10.0. The second kappa shape index (κ2) is 9.22. The molecule has 2 saturated heterocycles. The van der Waals surface area contributed by atoms with E-state index >= 15 is 0 Å². The van der Waals surface area contributed by atoms with Crippen LogP contribution in [0.1, 0.15) is 36.5 Å². The van der Waals surface area contributed by atoms with Crippen molar-refractivity contribution >= 4 is 11.8 Å². The predicted molar refractivity (Wildman–Crippen MR) is 105 cm³/mol. The molecule has 1 aromatic carbocycles. The number of hydrogen-bond donors (Lipinski definition) is 1. The second-order valence-corrected chi connectivity index (χ2v) is 7.69.